The molecule has 2 aromatic heterocycles. The molecule has 150 valence electrons. The maximum absolute atomic E-state index is 13.3. The molecule has 0 bridgehead atoms. The Morgan fingerprint density at radius 1 is 1.31 bits per heavy atom. The van der Waals surface area contributed by atoms with Crippen LogP contribution in [0.5, 0.6) is 0 Å². The maximum Gasteiger partial charge on any atom is 0.271 e. The van der Waals surface area contributed by atoms with Crippen molar-refractivity contribution in [3.8, 4) is 11.3 Å². The number of carbonyl (C=O) groups excluding carboxylic acids is 1. The molecule has 0 radical (unpaired) electrons. The van der Waals surface area contributed by atoms with Gasteiger partial charge in [0.1, 0.15) is 10.7 Å². The number of pyridine rings is 1. The van der Waals surface area contributed by atoms with Gasteiger partial charge in [-0.3, -0.25) is 4.79 Å². The highest BCUT2D eigenvalue weighted by Gasteiger charge is 2.30. The Kier molecular flexibility index (Phi) is 5.67. The third kappa shape index (κ3) is 4.34. The van der Waals surface area contributed by atoms with E-state index in [2.05, 4.69) is 10.3 Å². The SMILES string of the molecule is CC(C)(NC(=O)c1nc(-c2cccc(Cl)c2)ccc1C1CCCO1)c1nccs1. The van der Waals surface area contributed by atoms with Crippen molar-refractivity contribution in [2.45, 2.75) is 38.3 Å². The molecule has 1 atom stereocenters. The van der Waals surface area contributed by atoms with Gasteiger partial charge >= 0.3 is 0 Å². The van der Waals surface area contributed by atoms with Crippen molar-refractivity contribution in [3.63, 3.8) is 0 Å². The molecule has 7 heteroatoms. The normalized spacial score (nSPS) is 16.7. The van der Waals surface area contributed by atoms with Crippen LogP contribution in [-0.2, 0) is 10.3 Å². The van der Waals surface area contributed by atoms with Crippen molar-refractivity contribution in [2.75, 3.05) is 6.61 Å². The Balaban J connectivity index is 1.72. The van der Waals surface area contributed by atoms with Crippen molar-refractivity contribution < 1.29 is 9.53 Å². The summed E-state index contributed by atoms with van der Waals surface area (Å²) in [5.74, 6) is -0.237. The van der Waals surface area contributed by atoms with Gasteiger partial charge in [-0.25, -0.2) is 9.97 Å². The summed E-state index contributed by atoms with van der Waals surface area (Å²) in [4.78, 5) is 22.4. The molecular weight excluding hydrogens is 406 g/mol. The topological polar surface area (TPSA) is 64.1 Å². The molecule has 0 spiro atoms. The van der Waals surface area contributed by atoms with Gasteiger partial charge in [-0.2, -0.15) is 0 Å². The number of thiazole rings is 1. The van der Waals surface area contributed by atoms with E-state index >= 15 is 0 Å². The largest absolute Gasteiger partial charge is 0.373 e. The lowest BCUT2D eigenvalue weighted by Crippen LogP contribution is -2.41. The molecule has 1 unspecified atom stereocenters. The van der Waals surface area contributed by atoms with Gasteiger partial charge in [0.25, 0.3) is 5.91 Å². The van der Waals surface area contributed by atoms with Crippen LogP contribution in [0.25, 0.3) is 11.3 Å². The van der Waals surface area contributed by atoms with E-state index in [4.69, 9.17) is 21.3 Å². The van der Waals surface area contributed by atoms with Gasteiger partial charge in [0.2, 0.25) is 0 Å². The van der Waals surface area contributed by atoms with E-state index in [0.29, 0.717) is 23.0 Å². The highest BCUT2D eigenvalue weighted by atomic mass is 35.5. The van der Waals surface area contributed by atoms with Crippen LogP contribution in [-0.4, -0.2) is 22.5 Å². The first-order valence-corrected chi connectivity index (χ1v) is 10.8. The van der Waals surface area contributed by atoms with Gasteiger partial charge in [-0.15, -0.1) is 11.3 Å². The molecule has 1 saturated heterocycles. The van der Waals surface area contributed by atoms with E-state index in [1.165, 1.54) is 11.3 Å². The number of amides is 1. The van der Waals surface area contributed by atoms with Crippen molar-refractivity contribution in [1.82, 2.24) is 15.3 Å². The molecule has 4 rings (SSSR count). The minimum absolute atomic E-state index is 0.111. The van der Waals surface area contributed by atoms with Crippen LogP contribution in [0.2, 0.25) is 5.02 Å². The second-order valence-electron chi connectivity index (χ2n) is 7.56. The first-order valence-electron chi connectivity index (χ1n) is 9.55. The second kappa shape index (κ2) is 8.22. The summed E-state index contributed by atoms with van der Waals surface area (Å²) in [6.45, 7) is 4.58. The number of nitrogens with one attached hydrogen (secondary N) is 1. The monoisotopic (exact) mass is 427 g/mol. The summed E-state index contributed by atoms with van der Waals surface area (Å²) in [5.41, 5.74) is 2.17. The zero-order valence-electron chi connectivity index (χ0n) is 16.3. The van der Waals surface area contributed by atoms with E-state index < -0.39 is 5.54 Å². The van der Waals surface area contributed by atoms with Gasteiger partial charge in [0.15, 0.2) is 0 Å². The summed E-state index contributed by atoms with van der Waals surface area (Å²) in [5, 5.41) is 6.47. The molecule has 0 aliphatic carbocycles. The molecule has 29 heavy (non-hydrogen) atoms. The molecule has 3 heterocycles. The first-order chi connectivity index (χ1) is 13.9. The number of benzene rings is 1. The van der Waals surface area contributed by atoms with Crippen LogP contribution in [0.15, 0.2) is 48.0 Å². The Labute approximate surface area is 179 Å². The summed E-state index contributed by atoms with van der Waals surface area (Å²) in [6.07, 6.45) is 3.49. The number of halogens is 1. The molecule has 3 aromatic rings. The Bertz CT molecular complexity index is 1010. The predicted octanol–water partition coefficient (Wildman–Crippen LogP) is 5.38. The van der Waals surface area contributed by atoms with Crippen LogP contribution >= 0.6 is 22.9 Å². The molecular formula is C22H22ClN3O2S. The van der Waals surface area contributed by atoms with Gasteiger partial charge in [-0.05, 0) is 44.9 Å². The molecule has 1 fully saturated rings. The fourth-order valence-electron chi connectivity index (χ4n) is 3.47. The summed E-state index contributed by atoms with van der Waals surface area (Å²) >= 11 is 7.66. The van der Waals surface area contributed by atoms with E-state index in [-0.39, 0.29) is 12.0 Å². The van der Waals surface area contributed by atoms with Gasteiger partial charge in [0, 0.05) is 34.3 Å². The smallest absolute Gasteiger partial charge is 0.271 e. The first kappa shape index (κ1) is 20.0. The summed E-state index contributed by atoms with van der Waals surface area (Å²) in [6, 6.07) is 11.3. The number of nitrogens with zero attached hydrogens (tertiary/aromatic N) is 2. The lowest BCUT2D eigenvalue weighted by molar-refractivity contribution is 0.0882. The standard InChI is InChI=1S/C22H22ClN3O2S/c1-22(2,21-24-10-12-29-21)26-20(27)19-16(18-7-4-11-28-18)8-9-17(25-19)14-5-3-6-15(23)13-14/h3,5-6,8-10,12-13,18H,4,7,11H2,1-2H3,(H,26,27). The lowest BCUT2D eigenvalue weighted by Gasteiger charge is -2.25. The lowest BCUT2D eigenvalue weighted by atomic mass is 10.0. The molecule has 5 nitrogen and oxygen atoms in total. The number of rotatable bonds is 5. The average molecular weight is 428 g/mol. The fourth-order valence-corrected chi connectivity index (χ4v) is 4.38. The highest BCUT2D eigenvalue weighted by molar-refractivity contribution is 7.09. The summed E-state index contributed by atoms with van der Waals surface area (Å²) < 4.78 is 5.85. The van der Waals surface area contributed by atoms with E-state index in [0.717, 1.165) is 29.0 Å². The molecule has 1 N–H and O–H groups in total. The summed E-state index contributed by atoms with van der Waals surface area (Å²) in [7, 11) is 0. The minimum Gasteiger partial charge on any atom is -0.373 e. The molecule has 1 aliphatic heterocycles. The number of hydrogen-bond acceptors (Lipinski definition) is 5. The highest BCUT2D eigenvalue weighted by Crippen LogP contribution is 2.33. The third-order valence-corrected chi connectivity index (χ3v) is 6.26. The van der Waals surface area contributed by atoms with Crippen LogP contribution in [0.4, 0.5) is 0 Å². The van der Waals surface area contributed by atoms with E-state index in [1.54, 1.807) is 6.20 Å². The van der Waals surface area contributed by atoms with Crippen LogP contribution < -0.4 is 5.32 Å². The molecule has 1 aliphatic rings. The Morgan fingerprint density at radius 2 is 2.17 bits per heavy atom. The van der Waals surface area contributed by atoms with E-state index in [9.17, 15) is 4.79 Å². The maximum atomic E-state index is 13.3. The van der Waals surface area contributed by atoms with Crippen LogP contribution in [0.3, 0.4) is 0 Å². The average Bonchev–Trinajstić information content (AvgIpc) is 3.41. The quantitative estimate of drug-likeness (QED) is 0.594. The zero-order chi connectivity index (χ0) is 20.4. The van der Waals surface area contributed by atoms with Gasteiger partial charge in [-0.1, -0.05) is 29.8 Å². The predicted molar refractivity (Wildman–Crippen MR) is 115 cm³/mol. The molecule has 1 amide bonds. The third-order valence-electron chi connectivity index (χ3n) is 4.93. The van der Waals surface area contributed by atoms with Gasteiger partial charge in [0.05, 0.1) is 17.3 Å². The number of hydrogen-bond donors (Lipinski definition) is 1. The Hall–Kier alpha value is -2.28. The second-order valence-corrected chi connectivity index (χ2v) is 8.89. The number of aromatic nitrogens is 2. The van der Waals surface area contributed by atoms with Crippen LogP contribution in [0.1, 0.15) is 53.9 Å². The zero-order valence-corrected chi connectivity index (χ0v) is 17.9. The van der Waals surface area contributed by atoms with Gasteiger partial charge < -0.3 is 10.1 Å². The van der Waals surface area contributed by atoms with Crippen LogP contribution in [0, 0.1) is 0 Å². The molecule has 1 aromatic carbocycles. The fraction of sp³-hybridized carbons (Fsp3) is 0.318. The van der Waals surface area contributed by atoms with Crippen molar-refractivity contribution in [1.29, 1.82) is 0 Å². The minimum atomic E-state index is -0.604. The van der Waals surface area contributed by atoms with Crippen molar-refractivity contribution >= 4 is 28.8 Å². The Morgan fingerprint density at radius 3 is 2.86 bits per heavy atom. The number of carbonyl (C=O) groups is 1. The van der Waals surface area contributed by atoms with E-state index in [1.807, 2.05) is 55.6 Å². The van der Waals surface area contributed by atoms with Crippen molar-refractivity contribution in [2.24, 2.45) is 0 Å². The number of ether oxygens (including phenoxy) is 1. The molecule has 0 saturated carbocycles. The van der Waals surface area contributed by atoms with Crippen molar-refractivity contribution in [3.05, 3.63) is 69.3 Å².